The van der Waals surface area contributed by atoms with E-state index in [-0.39, 0.29) is 0 Å². The molecule has 2 aromatic rings. The van der Waals surface area contributed by atoms with E-state index in [4.69, 9.17) is 0 Å². The topological polar surface area (TPSA) is 49.4 Å². The lowest BCUT2D eigenvalue weighted by Crippen LogP contribution is -2.34. The van der Waals surface area contributed by atoms with Gasteiger partial charge in [-0.3, -0.25) is 0 Å². The lowest BCUT2D eigenvalue weighted by Gasteiger charge is -2.31. The largest absolute Gasteiger partial charge is 0.319 e. The van der Waals surface area contributed by atoms with Gasteiger partial charge >= 0.3 is 0 Å². The Morgan fingerprint density at radius 3 is 2.36 bits per heavy atom. The van der Waals surface area contributed by atoms with Gasteiger partial charge in [-0.05, 0) is 62.6 Å². The van der Waals surface area contributed by atoms with E-state index in [2.05, 4.69) is 5.32 Å². The molecule has 0 saturated heterocycles. The van der Waals surface area contributed by atoms with Crippen molar-refractivity contribution in [2.24, 2.45) is 11.8 Å². The summed E-state index contributed by atoms with van der Waals surface area (Å²) in [7, 11) is 0.248. The second-order valence-corrected chi connectivity index (χ2v) is 9.22. The van der Waals surface area contributed by atoms with Crippen molar-refractivity contribution in [1.29, 1.82) is 0 Å². The molecule has 3 rings (SSSR count). The normalized spacial score (nSPS) is 21.7. The molecule has 1 fully saturated rings. The minimum absolute atomic E-state index is 0.414. The van der Waals surface area contributed by atoms with Crippen molar-refractivity contribution < 1.29 is 8.42 Å². The Morgan fingerprint density at radius 2 is 1.64 bits per heavy atom. The van der Waals surface area contributed by atoms with Crippen molar-refractivity contribution in [2.45, 2.75) is 30.6 Å². The first kappa shape index (κ1) is 18.4. The number of hydrogen-bond acceptors (Lipinski definition) is 3. The molecule has 0 unspecified atom stereocenters. The lowest BCUT2D eigenvalue weighted by molar-refractivity contribution is 0.243. The second-order valence-electron chi connectivity index (χ2n) is 7.21. The summed E-state index contributed by atoms with van der Waals surface area (Å²) in [6.45, 7) is 1.68. The van der Waals surface area contributed by atoms with Gasteiger partial charge in [0.25, 0.3) is 0 Å². The SMILES string of the molecule is CNC[C@H]1CC[C@H](CN(C)S(=O)(=O)c2cccc3ccccc23)CC1. The highest BCUT2D eigenvalue weighted by molar-refractivity contribution is 7.89. The summed E-state index contributed by atoms with van der Waals surface area (Å²) in [4.78, 5) is 0.414. The maximum atomic E-state index is 13.1. The van der Waals surface area contributed by atoms with Crippen LogP contribution in [0.2, 0.25) is 0 Å². The zero-order chi connectivity index (χ0) is 17.9. The number of nitrogens with one attached hydrogen (secondary N) is 1. The highest BCUT2D eigenvalue weighted by Gasteiger charge is 2.28. The van der Waals surface area contributed by atoms with Crippen LogP contribution < -0.4 is 5.32 Å². The third-order valence-corrected chi connectivity index (χ3v) is 7.29. The summed E-state index contributed by atoms with van der Waals surface area (Å²) in [6.07, 6.45) is 4.60. The smallest absolute Gasteiger partial charge is 0.243 e. The predicted octanol–water partition coefficient (Wildman–Crippen LogP) is 3.49. The molecule has 0 bridgehead atoms. The summed E-state index contributed by atoms with van der Waals surface area (Å²) < 4.78 is 27.8. The third-order valence-electron chi connectivity index (χ3n) is 5.41. The molecule has 1 N–H and O–H groups in total. The average Bonchev–Trinajstić information content (AvgIpc) is 2.63. The molecule has 0 aromatic heterocycles. The molecular formula is C20H28N2O2S. The van der Waals surface area contributed by atoms with Gasteiger partial charge in [0.15, 0.2) is 0 Å². The van der Waals surface area contributed by atoms with Crippen LogP contribution in [-0.4, -0.2) is 39.9 Å². The molecule has 0 spiro atoms. The summed E-state index contributed by atoms with van der Waals surface area (Å²) in [5.74, 6) is 1.20. The number of sulfonamides is 1. The molecule has 0 atom stereocenters. The molecule has 0 heterocycles. The van der Waals surface area contributed by atoms with Crippen LogP contribution in [0.4, 0.5) is 0 Å². The van der Waals surface area contributed by atoms with Crippen molar-refractivity contribution >= 4 is 20.8 Å². The summed E-state index contributed by atoms with van der Waals surface area (Å²) >= 11 is 0. The molecule has 5 heteroatoms. The first-order valence-corrected chi connectivity index (χ1v) is 10.5. The summed E-state index contributed by atoms with van der Waals surface area (Å²) in [6, 6.07) is 13.2. The fourth-order valence-corrected chi connectivity index (χ4v) is 5.41. The van der Waals surface area contributed by atoms with Gasteiger partial charge in [0, 0.05) is 19.0 Å². The molecule has 0 aliphatic heterocycles. The van der Waals surface area contributed by atoms with Gasteiger partial charge in [-0.1, -0.05) is 36.4 Å². The first-order valence-electron chi connectivity index (χ1n) is 9.11. The van der Waals surface area contributed by atoms with Gasteiger partial charge in [0.2, 0.25) is 10.0 Å². The van der Waals surface area contributed by atoms with Crippen LogP contribution >= 0.6 is 0 Å². The molecule has 2 aromatic carbocycles. The molecule has 1 saturated carbocycles. The zero-order valence-electron chi connectivity index (χ0n) is 15.1. The zero-order valence-corrected chi connectivity index (χ0v) is 15.9. The van der Waals surface area contributed by atoms with Gasteiger partial charge in [-0.2, -0.15) is 0 Å². The fourth-order valence-electron chi connectivity index (χ4n) is 3.96. The van der Waals surface area contributed by atoms with E-state index < -0.39 is 10.0 Å². The lowest BCUT2D eigenvalue weighted by atomic mass is 9.82. The molecule has 0 amide bonds. The summed E-state index contributed by atoms with van der Waals surface area (Å²) in [5.41, 5.74) is 0. The third kappa shape index (κ3) is 4.05. The molecule has 25 heavy (non-hydrogen) atoms. The van der Waals surface area contributed by atoms with Crippen LogP contribution in [0.5, 0.6) is 0 Å². The summed E-state index contributed by atoms with van der Waals surface area (Å²) in [5, 5.41) is 5.01. The van der Waals surface area contributed by atoms with Gasteiger partial charge in [-0.25, -0.2) is 12.7 Å². The highest BCUT2D eigenvalue weighted by atomic mass is 32.2. The number of benzene rings is 2. The average molecular weight is 361 g/mol. The Bertz CT molecular complexity index is 806. The maximum absolute atomic E-state index is 13.1. The van der Waals surface area contributed by atoms with Gasteiger partial charge in [0.05, 0.1) is 4.90 Å². The monoisotopic (exact) mass is 360 g/mol. The predicted molar refractivity (Wildman–Crippen MR) is 103 cm³/mol. The van der Waals surface area contributed by atoms with E-state index >= 15 is 0 Å². The number of hydrogen-bond donors (Lipinski definition) is 1. The molecule has 1 aliphatic carbocycles. The van der Waals surface area contributed by atoms with Crippen LogP contribution in [0, 0.1) is 11.8 Å². The van der Waals surface area contributed by atoms with E-state index in [1.54, 1.807) is 17.4 Å². The molecule has 0 radical (unpaired) electrons. The number of rotatable bonds is 6. The van der Waals surface area contributed by atoms with E-state index in [1.165, 1.54) is 12.8 Å². The molecule has 4 nitrogen and oxygen atoms in total. The minimum Gasteiger partial charge on any atom is -0.319 e. The van der Waals surface area contributed by atoms with Crippen LogP contribution in [0.1, 0.15) is 25.7 Å². The second kappa shape index (κ2) is 7.85. The Morgan fingerprint density at radius 1 is 1.00 bits per heavy atom. The van der Waals surface area contributed by atoms with Crippen molar-refractivity contribution in [3.8, 4) is 0 Å². The van der Waals surface area contributed by atoms with Gasteiger partial charge < -0.3 is 5.32 Å². The van der Waals surface area contributed by atoms with Crippen LogP contribution in [0.3, 0.4) is 0 Å². The van der Waals surface area contributed by atoms with Gasteiger partial charge in [-0.15, -0.1) is 0 Å². The Kier molecular flexibility index (Phi) is 5.77. The molecular weight excluding hydrogens is 332 g/mol. The van der Waals surface area contributed by atoms with E-state index in [0.717, 1.165) is 36.1 Å². The maximum Gasteiger partial charge on any atom is 0.243 e. The fraction of sp³-hybridized carbons (Fsp3) is 0.500. The van der Waals surface area contributed by atoms with E-state index in [0.29, 0.717) is 17.4 Å². The van der Waals surface area contributed by atoms with Crippen molar-refractivity contribution in [2.75, 3.05) is 27.2 Å². The van der Waals surface area contributed by atoms with Crippen molar-refractivity contribution in [3.63, 3.8) is 0 Å². The van der Waals surface area contributed by atoms with Crippen molar-refractivity contribution in [3.05, 3.63) is 42.5 Å². The first-order chi connectivity index (χ1) is 12.0. The molecule has 136 valence electrons. The Hall–Kier alpha value is -1.43. The quantitative estimate of drug-likeness (QED) is 0.858. The highest BCUT2D eigenvalue weighted by Crippen LogP contribution is 2.31. The number of nitrogens with zero attached hydrogens (tertiary/aromatic N) is 1. The van der Waals surface area contributed by atoms with Crippen LogP contribution in [0.15, 0.2) is 47.4 Å². The van der Waals surface area contributed by atoms with E-state index in [9.17, 15) is 8.42 Å². The van der Waals surface area contributed by atoms with Crippen molar-refractivity contribution in [1.82, 2.24) is 9.62 Å². The Labute approximate surface area is 151 Å². The van der Waals surface area contributed by atoms with Crippen LogP contribution in [0.25, 0.3) is 10.8 Å². The number of fused-ring (bicyclic) bond motifs is 1. The minimum atomic E-state index is -3.47. The van der Waals surface area contributed by atoms with E-state index in [1.807, 2.05) is 43.4 Å². The standard InChI is InChI=1S/C20H28N2O2S/c1-21-14-16-10-12-17(13-11-16)15-22(2)25(23,24)20-9-5-7-18-6-3-4-8-19(18)20/h3-9,16-17,21H,10-15H2,1-2H3/t16-,17-. The Balaban J connectivity index is 1.74. The van der Waals surface area contributed by atoms with Gasteiger partial charge in [0.1, 0.15) is 0 Å². The molecule has 1 aliphatic rings. The van der Waals surface area contributed by atoms with Crippen LogP contribution in [-0.2, 0) is 10.0 Å².